The average molecular weight is 377 g/mol. The first-order chi connectivity index (χ1) is 13.5. The van der Waals surface area contributed by atoms with Crippen molar-refractivity contribution in [2.24, 2.45) is 0 Å². The predicted octanol–water partition coefficient (Wildman–Crippen LogP) is 3.39. The van der Waals surface area contributed by atoms with Crippen LogP contribution in [0.4, 0.5) is 5.69 Å². The maximum Gasteiger partial charge on any atom is 0.267 e. The number of hydrogen-bond acceptors (Lipinski definition) is 5. The Labute approximate surface area is 164 Å². The zero-order valence-corrected chi connectivity index (χ0v) is 16.2. The second-order valence-electron chi connectivity index (χ2n) is 6.80. The second kappa shape index (κ2) is 8.49. The van der Waals surface area contributed by atoms with E-state index in [4.69, 9.17) is 9.47 Å². The van der Waals surface area contributed by atoms with Gasteiger partial charge in [-0.05, 0) is 44.0 Å². The van der Waals surface area contributed by atoms with Crippen molar-refractivity contribution in [1.29, 1.82) is 5.26 Å². The van der Waals surface area contributed by atoms with Crippen LogP contribution in [0.1, 0.15) is 16.7 Å². The van der Waals surface area contributed by atoms with Gasteiger partial charge in [-0.1, -0.05) is 29.8 Å². The molecule has 0 bridgehead atoms. The Hall–Kier alpha value is -3.46. The second-order valence-corrected chi connectivity index (χ2v) is 6.80. The smallest absolute Gasteiger partial charge is 0.267 e. The standard InChI is InChI=1S/C22H23N3O3/c1-14-8-15(2)21(16(3)9-14)25-22(26)17(10-23)11-24-12-18-13-27-19-6-4-5-7-20(19)28-18/h4-9,11,18,24H,12-13H2,1-3H3,(H,25,26)/b17-11-. The summed E-state index contributed by atoms with van der Waals surface area (Å²) >= 11 is 0. The molecule has 0 aliphatic carbocycles. The number of nitriles is 1. The first-order valence-corrected chi connectivity index (χ1v) is 9.09. The van der Waals surface area contributed by atoms with Crippen LogP contribution in [0.3, 0.4) is 0 Å². The van der Waals surface area contributed by atoms with E-state index in [9.17, 15) is 10.1 Å². The fourth-order valence-electron chi connectivity index (χ4n) is 3.16. The Balaban J connectivity index is 1.60. The summed E-state index contributed by atoms with van der Waals surface area (Å²) in [5.74, 6) is 0.958. The molecular formula is C22H23N3O3. The van der Waals surface area contributed by atoms with Crippen LogP contribution in [0.25, 0.3) is 0 Å². The summed E-state index contributed by atoms with van der Waals surface area (Å²) in [6.45, 7) is 6.68. The monoisotopic (exact) mass is 377 g/mol. The van der Waals surface area contributed by atoms with Crippen molar-refractivity contribution >= 4 is 11.6 Å². The molecule has 6 heteroatoms. The summed E-state index contributed by atoms with van der Waals surface area (Å²) in [5, 5.41) is 15.2. The number of amides is 1. The minimum Gasteiger partial charge on any atom is -0.486 e. The molecule has 1 heterocycles. The van der Waals surface area contributed by atoms with Gasteiger partial charge in [0.1, 0.15) is 24.4 Å². The number of benzene rings is 2. The molecule has 0 spiro atoms. The lowest BCUT2D eigenvalue weighted by molar-refractivity contribution is -0.112. The first kappa shape index (κ1) is 19.3. The van der Waals surface area contributed by atoms with Gasteiger partial charge in [0, 0.05) is 11.9 Å². The van der Waals surface area contributed by atoms with Gasteiger partial charge in [0.25, 0.3) is 5.91 Å². The molecule has 2 N–H and O–H groups in total. The molecule has 28 heavy (non-hydrogen) atoms. The highest BCUT2D eigenvalue weighted by atomic mass is 16.6. The van der Waals surface area contributed by atoms with Crippen LogP contribution in [0, 0.1) is 32.1 Å². The lowest BCUT2D eigenvalue weighted by atomic mass is 10.0. The highest BCUT2D eigenvalue weighted by Gasteiger charge is 2.20. The number of para-hydroxylation sites is 2. The van der Waals surface area contributed by atoms with Gasteiger partial charge in [0.2, 0.25) is 0 Å². The van der Waals surface area contributed by atoms with E-state index in [0.717, 1.165) is 28.1 Å². The van der Waals surface area contributed by atoms with Gasteiger partial charge in [-0.2, -0.15) is 5.26 Å². The van der Waals surface area contributed by atoms with Crippen molar-refractivity contribution in [2.75, 3.05) is 18.5 Å². The van der Waals surface area contributed by atoms with Gasteiger partial charge in [-0.25, -0.2) is 0 Å². The normalized spacial score (nSPS) is 15.5. The number of nitrogens with one attached hydrogen (secondary N) is 2. The Morgan fingerprint density at radius 3 is 2.57 bits per heavy atom. The molecule has 2 aromatic rings. The van der Waals surface area contributed by atoms with E-state index < -0.39 is 5.91 Å². The Morgan fingerprint density at radius 1 is 1.21 bits per heavy atom. The maximum atomic E-state index is 12.5. The zero-order chi connectivity index (χ0) is 20.1. The topological polar surface area (TPSA) is 83.4 Å². The number of ether oxygens (including phenoxy) is 2. The van der Waals surface area contributed by atoms with E-state index >= 15 is 0 Å². The minimum atomic E-state index is -0.448. The fraction of sp³-hybridized carbons (Fsp3) is 0.273. The largest absolute Gasteiger partial charge is 0.486 e. The molecule has 0 radical (unpaired) electrons. The molecule has 1 atom stereocenters. The molecule has 2 aromatic carbocycles. The third-order valence-electron chi connectivity index (χ3n) is 4.44. The van der Waals surface area contributed by atoms with Crippen LogP contribution >= 0.6 is 0 Å². The highest BCUT2D eigenvalue weighted by Crippen LogP contribution is 2.30. The van der Waals surface area contributed by atoms with E-state index in [2.05, 4.69) is 10.6 Å². The molecule has 1 unspecified atom stereocenters. The maximum absolute atomic E-state index is 12.5. The van der Waals surface area contributed by atoms with Crippen molar-refractivity contribution in [1.82, 2.24) is 5.32 Å². The number of fused-ring (bicyclic) bond motifs is 1. The summed E-state index contributed by atoms with van der Waals surface area (Å²) in [4.78, 5) is 12.5. The molecule has 6 nitrogen and oxygen atoms in total. The van der Waals surface area contributed by atoms with Gasteiger partial charge in [-0.15, -0.1) is 0 Å². The van der Waals surface area contributed by atoms with Crippen molar-refractivity contribution < 1.29 is 14.3 Å². The molecule has 3 rings (SSSR count). The molecule has 144 valence electrons. The molecule has 1 aliphatic heterocycles. The van der Waals surface area contributed by atoms with E-state index in [1.54, 1.807) is 0 Å². The number of hydrogen-bond donors (Lipinski definition) is 2. The summed E-state index contributed by atoms with van der Waals surface area (Å²) in [6.07, 6.45) is 1.20. The number of carbonyl (C=O) groups is 1. The van der Waals surface area contributed by atoms with E-state index in [0.29, 0.717) is 18.9 Å². The number of carbonyl (C=O) groups excluding carboxylic acids is 1. The lowest BCUT2D eigenvalue weighted by Crippen LogP contribution is -2.37. The van der Waals surface area contributed by atoms with Crippen LogP contribution in [-0.4, -0.2) is 25.2 Å². The lowest BCUT2D eigenvalue weighted by Gasteiger charge is -2.26. The van der Waals surface area contributed by atoms with E-state index in [1.165, 1.54) is 6.20 Å². The first-order valence-electron chi connectivity index (χ1n) is 9.09. The van der Waals surface area contributed by atoms with Crippen LogP contribution in [-0.2, 0) is 4.79 Å². The highest BCUT2D eigenvalue weighted by molar-refractivity contribution is 6.07. The number of anilines is 1. The van der Waals surface area contributed by atoms with Crippen LogP contribution in [0.15, 0.2) is 48.2 Å². The number of rotatable bonds is 5. The van der Waals surface area contributed by atoms with Gasteiger partial charge in [-0.3, -0.25) is 4.79 Å². The molecule has 0 saturated carbocycles. The Bertz CT molecular complexity index is 937. The molecule has 1 aliphatic rings. The minimum absolute atomic E-state index is 0.00324. The van der Waals surface area contributed by atoms with Gasteiger partial charge >= 0.3 is 0 Å². The summed E-state index contributed by atoms with van der Waals surface area (Å²) in [6, 6.07) is 13.4. The van der Waals surface area contributed by atoms with Crippen LogP contribution in [0.2, 0.25) is 0 Å². The molecular weight excluding hydrogens is 354 g/mol. The van der Waals surface area contributed by atoms with Crippen molar-refractivity contribution in [2.45, 2.75) is 26.9 Å². The molecule has 0 aromatic heterocycles. The van der Waals surface area contributed by atoms with Gasteiger partial charge in [0.05, 0.1) is 6.54 Å². The SMILES string of the molecule is Cc1cc(C)c(NC(=O)/C(C#N)=C\NCC2COc3ccccc3O2)c(C)c1. The van der Waals surface area contributed by atoms with E-state index in [-0.39, 0.29) is 11.7 Å². The third-order valence-corrected chi connectivity index (χ3v) is 4.44. The molecule has 0 saturated heterocycles. The Morgan fingerprint density at radius 2 is 1.89 bits per heavy atom. The van der Waals surface area contributed by atoms with Crippen LogP contribution in [0.5, 0.6) is 11.5 Å². The van der Waals surface area contributed by atoms with E-state index in [1.807, 2.05) is 63.2 Å². The quantitative estimate of drug-likeness (QED) is 0.616. The summed E-state index contributed by atoms with van der Waals surface area (Å²) < 4.78 is 11.5. The molecule has 1 amide bonds. The van der Waals surface area contributed by atoms with Crippen molar-refractivity contribution in [3.8, 4) is 17.6 Å². The number of nitrogens with zero attached hydrogens (tertiary/aromatic N) is 1. The fourth-order valence-corrected chi connectivity index (χ4v) is 3.16. The Kier molecular flexibility index (Phi) is 5.85. The number of aryl methyl sites for hydroxylation is 3. The predicted molar refractivity (Wildman–Crippen MR) is 107 cm³/mol. The average Bonchev–Trinajstić information content (AvgIpc) is 2.67. The van der Waals surface area contributed by atoms with Crippen molar-refractivity contribution in [3.05, 3.63) is 64.9 Å². The summed E-state index contributed by atoms with van der Waals surface area (Å²) in [7, 11) is 0. The van der Waals surface area contributed by atoms with Crippen molar-refractivity contribution in [3.63, 3.8) is 0 Å². The third kappa shape index (κ3) is 4.44. The van der Waals surface area contributed by atoms with Crippen LogP contribution < -0.4 is 20.1 Å². The summed E-state index contributed by atoms with van der Waals surface area (Å²) in [5.41, 5.74) is 3.78. The van der Waals surface area contributed by atoms with Gasteiger partial charge < -0.3 is 20.1 Å². The molecule has 0 fully saturated rings. The zero-order valence-electron chi connectivity index (χ0n) is 16.2. The van der Waals surface area contributed by atoms with Gasteiger partial charge in [0.15, 0.2) is 11.5 Å².